The zero-order valence-corrected chi connectivity index (χ0v) is 13.5. The van der Waals surface area contributed by atoms with Crippen molar-refractivity contribution in [1.29, 1.82) is 0 Å². The minimum atomic E-state index is 0.704. The van der Waals surface area contributed by atoms with Gasteiger partial charge in [0.1, 0.15) is 16.0 Å². The van der Waals surface area contributed by atoms with Crippen LogP contribution in [0.3, 0.4) is 0 Å². The number of thioether (sulfide) groups is 1. The van der Waals surface area contributed by atoms with E-state index in [9.17, 15) is 0 Å². The second-order valence-electron chi connectivity index (χ2n) is 4.51. The van der Waals surface area contributed by atoms with Crippen molar-refractivity contribution in [3.05, 3.63) is 23.6 Å². The third kappa shape index (κ3) is 3.16. The molecule has 3 aromatic rings. The maximum absolute atomic E-state index is 4.63. The fourth-order valence-corrected chi connectivity index (χ4v) is 3.41. The molecule has 3 rings (SSSR count). The zero-order valence-electron chi connectivity index (χ0n) is 11.9. The lowest BCUT2D eigenvalue weighted by Gasteiger charge is -2.07. The van der Waals surface area contributed by atoms with E-state index in [1.54, 1.807) is 27.8 Å². The molecule has 0 saturated carbocycles. The summed E-state index contributed by atoms with van der Waals surface area (Å²) in [6.07, 6.45) is 4.67. The quantitative estimate of drug-likeness (QED) is 0.704. The molecule has 0 aliphatic rings. The molecule has 0 radical (unpaired) electrons. The highest BCUT2D eigenvalue weighted by molar-refractivity contribution is 8.00. The van der Waals surface area contributed by atoms with Crippen LogP contribution in [0.1, 0.15) is 19.2 Å². The number of anilines is 1. The number of nitrogens with zero attached hydrogens (tertiary/aromatic N) is 5. The number of rotatable bonds is 6. The summed E-state index contributed by atoms with van der Waals surface area (Å²) in [4.78, 5) is 13.5. The summed E-state index contributed by atoms with van der Waals surface area (Å²) < 4.78 is 2.82. The standard InChI is InChI=1S/C13H16N6S2/c1-3-4-14-11-9-7-16-19(2)12(9)18-10(17-11)8-21-13-15-5-6-20-13/h5-7H,3-4,8H2,1-2H3,(H,14,17,18). The highest BCUT2D eigenvalue weighted by Crippen LogP contribution is 2.26. The third-order valence-corrected chi connectivity index (χ3v) is 4.88. The normalized spacial score (nSPS) is 11.1. The van der Waals surface area contributed by atoms with Crippen molar-refractivity contribution in [2.24, 2.45) is 7.05 Å². The molecule has 0 unspecified atom stereocenters. The predicted octanol–water partition coefficient (Wildman–Crippen LogP) is 2.93. The number of thiazole rings is 1. The van der Waals surface area contributed by atoms with Gasteiger partial charge in [0.2, 0.25) is 0 Å². The SMILES string of the molecule is CCCNc1nc(CSc2nccs2)nc2c1cnn2C. The van der Waals surface area contributed by atoms with E-state index in [0.29, 0.717) is 5.75 Å². The van der Waals surface area contributed by atoms with Gasteiger partial charge in [-0.25, -0.2) is 15.0 Å². The van der Waals surface area contributed by atoms with Gasteiger partial charge in [-0.15, -0.1) is 11.3 Å². The molecule has 3 aromatic heterocycles. The first-order valence-electron chi connectivity index (χ1n) is 6.72. The van der Waals surface area contributed by atoms with Gasteiger partial charge in [-0.1, -0.05) is 18.7 Å². The molecule has 6 nitrogen and oxygen atoms in total. The van der Waals surface area contributed by atoms with E-state index in [1.807, 2.05) is 24.8 Å². The molecule has 0 aliphatic heterocycles. The summed E-state index contributed by atoms with van der Waals surface area (Å²) in [6.45, 7) is 3.02. The molecule has 1 N–H and O–H groups in total. The van der Waals surface area contributed by atoms with Crippen LogP contribution in [-0.4, -0.2) is 31.3 Å². The largest absolute Gasteiger partial charge is 0.369 e. The van der Waals surface area contributed by atoms with Crippen LogP contribution in [0.25, 0.3) is 11.0 Å². The molecular weight excluding hydrogens is 304 g/mol. The fourth-order valence-electron chi connectivity index (χ4n) is 1.92. The van der Waals surface area contributed by atoms with Crippen LogP contribution in [-0.2, 0) is 12.8 Å². The first-order chi connectivity index (χ1) is 10.3. The summed E-state index contributed by atoms with van der Waals surface area (Å²) in [5.74, 6) is 2.37. The van der Waals surface area contributed by atoms with Gasteiger partial charge < -0.3 is 5.32 Å². The number of fused-ring (bicyclic) bond motifs is 1. The molecule has 0 spiro atoms. The number of aromatic nitrogens is 5. The molecule has 0 aliphatic carbocycles. The molecule has 0 aromatic carbocycles. The summed E-state index contributed by atoms with van der Waals surface area (Å²) in [6, 6.07) is 0. The van der Waals surface area contributed by atoms with Crippen LogP contribution in [0.5, 0.6) is 0 Å². The Bertz CT molecular complexity index is 722. The van der Waals surface area contributed by atoms with Crippen LogP contribution in [0.2, 0.25) is 0 Å². The summed E-state index contributed by atoms with van der Waals surface area (Å²) in [5, 5.41) is 10.6. The van der Waals surface area contributed by atoms with Gasteiger partial charge in [0.15, 0.2) is 5.65 Å². The minimum Gasteiger partial charge on any atom is -0.369 e. The first kappa shape index (κ1) is 14.3. The number of hydrogen-bond acceptors (Lipinski definition) is 7. The van der Waals surface area contributed by atoms with Crippen molar-refractivity contribution in [2.75, 3.05) is 11.9 Å². The number of aryl methyl sites for hydroxylation is 1. The van der Waals surface area contributed by atoms with Crippen molar-refractivity contribution >= 4 is 39.9 Å². The van der Waals surface area contributed by atoms with Crippen molar-refractivity contribution in [3.63, 3.8) is 0 Å². The van der Waals surface area contributed by atoms with E-state index in [2.05, 4.69) is 32.3 Å². The van der Waals surface area contributed by atoms with Crippen molar-refractivity contribution in [1.82, 2.24) is 24.7 Å². The van der Waals surface area contributed by atoms with Crippen LogP contribution in [0.4, 0.5) is 5.82 Å². The molecule has 0 bridgehead atoms. The Hall–Kier alpha value is -1.67. The van der Waals surface area contributed by atoms with E-state index in [0.717, 1.165) is 40.0 Å². The lowest BCUT2D eigenvalue weighted by atomic mass is 10.3. The maximum atomic E-state index is 4.63. The third-order valence-electron chi connectivity index (χ3n) is 2.92. The van der Waals surface area contributed by atoms with E-state index in [1.165, 1.54) is 0 Å². The van der Waals surface area contributed by atoms with Crippen molar-refractivity contribution in [3.8, 4) is 0 Å². The van der Waals surface area contributed by atoms with E-state index < -0.39 is 0 Å². The number of hydrogen-bond donors (Lipinski definition) is 1. The molecule has 3 heterocycles. The molecule has 110 valence electrons. The smallest absolute Gasteiger partial charge is 0.163 e. The van der Waals surface area contributed by atoms with Crippen molar-refractivity contribution in [2.45, 2.75) is 23.4 Å². The highest BCUT2D eigenvalue weighted by Gasteiger charge is 2.11. The van der Waals surface area contributed by atoms with Gasteiger partial charge in [-0.05, 0) is 6.42 Å². The Morgan fingerprint density at radius 1 is 1.38 bits per heavy atom. The Labute approximate surface area is 131 Å². The Kier molecular flexibility index (Phi) is 4.35. The van der Waals surface area contributed by atoms with E-state index in [-0.39, 0.29) is 0 Å². The van der Waals surface area contributed by atoms with Gasteiger partial charge in [-0.3, -0.25) is 4.68 Å². The Balaban J connectivity index is 1.88. The zero-order chi connectivity index (χ0) is 14.7. The Morgan fingerprint density at radius 3 is 3.05 bits per heavy atom. The summed E-state index contributed by atoms with van der Waals surface area (Å²) >= 11 is 3.29. The van der Waals surface area contributed by atoms with Gasteiger partial charge >= 0.3 is 0 Å². The number of nitrogens with one attached hydrogen (secondary N) is 1. The van der Waals surface area contributed by atoms with Crippen molar-refractivity contribution < 1.29 is 0 Å². The van der Waals surface area contributed by atoms with E-state index in [4.69, 9.17) is 0 Å². The monoisotopic (exact) mass is 320 g/mol. The Morgan fingerprint density at radius 2 is 2.29 bits per heavy atom. The lowest BCUT2D eigenvalue weighted by Crippen LogP contribution is -2.06. The second kappa shape index (κ2) is 6.40. The molecule has 0 amide bonds. The first-order valence-corrected chi connectivity index (χ1v) is 8.59. The van der Waals surface area contributed by atoms with Crippen LogP contribution < -0.4 is 5.32 Å². The lowest BCUT2D eigenvalue weighted by molar-refractivity contribution is 0.782. The average Bonchev–Trinajstić information content (AvgIpc) is 3.13. The predicted molar refractivity (Wildman–Crippen MR) is 86.8 cm³/mol. The van der Waals surface area contributed by atoms with Crippen LogP contribution in [0, 0.1) is 0 Å². The molecule has 8 heteroatoms. The second-order valence-corrected chi connectivity index (χ2v) is 6.62. The molecule has 0 atom stereocenters. The van der Waals surface area contributed by atoms with Gasteiger partial charge in [-0.2, -0.15) is 5.10 Å². The minimum absolute atomic E-state index is 0.704. The molecule has 21 heavy (non-hydrogen) atoms. The van der Waals surface area contributed by atoms with Gasteiger partial charge in [0.25, 0.3) is 0 Å². The molecular formula is C13H16N6S2. The average molecular weight is 320 g/mol. The highest BCUT2D eigenvalue weighted by atomic mass is 32.2. The van der Waals surface area contributed by atoms with Gasteiger partial charge in [0.05, 0.1) is 17.3 Å². The fraction of sp³-hybridized carbons (Fsp3) is 0.385. The van der Waals surface area contributed by atoms with Crippen LogP contribution in [0.15, 0.2) is 22.1 Å². The molecule has 0 saturated heterocycles. The topological polar surface area (TPSA) is 68.5 Å². The van der Waals surface area contributed by atoms with E-state index >= 15 is 0 Å². The summed E-state index contributed by atoms with van der Waals surface area (Å²) in [7, 11) is 1.90. The summed E-state index contributed by atoms with van der Waals surface area (Å²) in [5.41, 5.74) is 0.860. The maximum Gasteiger partial charge on any atom is 0.163 e. The van der Waals surface area contributed by atoms with Crippen LogP contribution >= 0.6 is 23.1 Å². The van der Waals surface area contributed by atoms with Gasteiger partial charge in [0, 0.05) is 25.2 Å². The molecule has 0 fully saturated rings.